The molecule has 0 radical (unpaired) electrons. The van der Waals surface area contributed by atoms with Gasteiger partial charge in [-0.25, -0.2) is 4.79 Å². The topological polar surface area (TPSA) is 32.8 Å². The molecule has 1 aromatic carbocycles. The minimum Gasteiger partial charge on any atom is -0.317 e. The van der Waals surface area contributed by atoms with Crippen molar-refractivity contribution in [1.29, 1.82) is 0 Å². The van der Waals surface area contributed by atoms with Gasteiger partial charge in [-0.05, 0) is 24.8 Å². The molecule has 0 aliphatic carbocycles. The van der Waals surface area contributed by atoms with Gasteiger partial charge in [-0.1, -0.05) is 36.4 Å². The molecule has 2 saturated heterocycles. The molecule has 2 heterocycles. The number of urea groups is 1. The first-order chi connectivity index (χ1) is 9.79. The average molecular weight is 272 g/mol. The summed E-state index contributed by atoms with van der Waals surface area (Å²) in [5.74, 6) is 0. The molecule has 2 amide bonds. The van der Waals surface area contributed by atoms with Crippen LogP contribution in [0.1, 0.15) is 18.4 Å². The lowest BCUT2D eigenvalue weighted by atomic mass is 9.95. The predicted molar refractivity (Wildman–Crippen MR) is 77.0 cm³/mol. The van der Waals surface area contributed by atoms with Crippen LogP contribution in [0.5, 0.6) is 0 Å². The molecular weight excluding hydrogens is 252 g/mol. The van der Waals surface area contributed by atoms with Crippen LogP contribution >= 0.6 is 0 Å². The van der Waals surface area contributed by atoms with Crippen molar-refractivity contribution in [3.05, 3.63) is 48.6 Å². The summed E-state index contributed by atoms with van der Waals surface area (Å²) in [7, 11) is 0. The maximum Gasteiger partial charge on any atom is 0.344 e. The van der Waals surface area contributed by atoms with Crippen LogP contribution in [-0.4, -0.2) is 41.2 Å². The monoisotopic (exact) mass is 272 g/mol. The van der Waals surface area contributed by atoms with Crippen molar-refractivity contribution >= 4 is 6.03 Å². The van der Waals surface area contributed by atoms with Gasteiger partial charge in [0, 0.05) is 12.6 Å². The Hall–Kier alpha value is -1.81. The van der Waals surface area contributed by atoms with Crippen LogP contribution in [0.4, 0.5) is 4.79 Å². The van der Waals surface area contributed by atoms with Gasteiger partial charge in [0.25, 0.3) is 0 Å². The number of carbonyl (C=O) groups is 1. The van der Waals surface area contributed by atoms with Crippen LogP contribution in [0.25, 0.3) is 0 Å². The Labute approximate surface area is 119 Å². The van der Waals surface area contributed by atoms with Crippen LogP contribution in [-0.2, 0) is 11.3 Å². The molecule has 2 atom stereocenters. The van der Waals surface area contributed by atoms with Crippen molar-refractivity contribution in [3.8, 4) is 0 Å². The summed E-state index contributed by atoms with van der Waals surface area (Å²) >= 11 is 0. The normalized spacial score (nSPS) is 25.1. The highest BCUT2D eigenvalue weighted by Gasteiger charge is 2.45. The standard InChI is InChI=1S/C16H20N2O2/c1-2-10-20-18-15-9-8-14(17(12-15)16(18)19)11-13-6-4-3-5-7-13/h2-7,14-15H,1,8-12H2/t14-,15+/m0/s1. The highest BCUT2D eigenvalue weighted by molar-refractivity contribution is 5.77. The zero-order chi connectivity index (χ0) is 13.9. The van der Waals surface area contributed by atoms with E-state index in [0.717, 1.165) is 25.8 Å². The maximum absolute atomic E-state index is 12.4. The van der Waals surface area contributed by atoms with Crippen LogP contribution in [0.2, 0.25) is 0 Å². The van der Waals surface area contributed by atoms with Crippen molar-refractivity contribution in [3.63, 3.8) is 0 Å². The Morgan fingerprint density at radius 3 is 2.85 bits per heavy atom. The van der Waals surface area contributed by atoms with E-state index in [-0.39, 0.29) is 12.1 Å². The molecule has 4 heteroatoms. The van der Waals surface area contributed by atoms with Gasteiger partial charge < -0.3 is 4.90 Å². The predicted octanol–water partition coefficient (Wildman–Crippen LogP) is 2.62. The molecule has 2 aliphatic rings. The Morgan fingerprint density at radius 1 is 1.30 bits per heavy atom. The molecule has 1 aromatic rings. The molecular formula is C16H20N2O2. The van der Waals surface area contributed by atoms with Crippen molar-refractivity contribution in [1.82, 2.24) is 9.96 Å². The molecule has 2 aliphatic heterocycles. The summed E-state index contributed by atoms with van der Waals surface area (Å²) in [5, 5.41) is 1.55. The first kappa shape index (κ1) is 13.2. The van der Waals surface area contributed by atoms with Crippen molar-refractivity contribution < 1.29 is 9.63 Å². The molecule has 3 rings (SSSR count). The third-order valence-electron chi connectivity index (χ3n) is 4.09. The summed E-state index contributed by atoms with van der Waals surface area (Å²) in [6, 6.07) is 10.9. The van der Waals surface area contributed by atoms with E-state index in [2.05, 4.69) is 18.7 Å². The molecule has 4 nitrogen and oxygen atoms in total. The van der Waals surface area contributed by atoms with E-state index in [1.54, 1.807) is 11.1 Å². The Balaban J connectivity index is 1.68. The molecule has 0 unspecified atom stereocenters. The number of amides is 2. The summed E-state index contributed by atoms with van der Waals surface area (Å²) in [6.45, 7) is 4.80. The van der Waals surface area contributed by atoms with Gasteiger partial charge in [-0.15, -0.1) is 6.58 Å². The second-order valence-corrected chi connectivity index (χ2v) is 5.42. The Morgan fingerprint density at radius 2 is 2.10 bits per heavy atom. The fraction of sp³-hybridized carbons (Fsp3) is 0.438. The number of carbonyl (C=O) groups excluding carboxylic acids is 1. The van der Waals surface area contributed by atoms with Gasteiger partial charge in [-0.3, -0.25) is 4.84 Å². The number of nitrogens with zero attached hydrogens (tertiary/aromatic N) is 2. The second-order valence-electron chi connectivity index (χ2n) is 5.42. The second kappa shape index (κ2) is 5.67. The lowest BCUT2D eigenvalue weighted by Gasteiger charge is -2.30. The van der Waals surface area contributed by atoms with Crippen molar-refractivity contribution in [2.45, 2.75) is 31.3 Å². The van der Waals surface area contributed by atoms with E-state index in [0.29, 0.717) is 12.6 Å². The van der Waals surface area contributed by atoms with Crippen LogP contribution in [0, 0.1) is 0 Å². The summed E-state index contributed by atoms with van der Waals surface area (Å²) in [6.07, 6.45) is 4.65. The SMILES string of the molecule is C=CCON1C(=O)N2C[C@H]1CC[C@H]2Cc1ccccc1. The molecule has 20 heavy (non-hydrogen) atoms. The lowest BCUT2D eigenvalue weighted by Crippen LogP contribution is -2.41. The molecule has 2 bridgehead atoms. The minimum atomic E-state index is 0.00952. The highest BCUT2D eigenvalue weighted by Crippen LogP contribution is 2.31. The molecule has 0 aromatic heterocycles. The maximum atomic E-state index is 12.4. The number of hydroxylamine groups is 2. The number of piperidine rings is 1. The Kier molecular flexibility index (Phi) is 3.74. The van der Waals surface area contributed by atoms with Gasteiger partial charge in [0.1, 0.15) is 0 Å². The van der Waals surface area contributed by atoms with E-state index in [9.17, 15) is 4.79 Å². The number of rotatable bonds is 5. The number of hydrogen-bond acceptors (Lipinski definition) is 2. The third kappa shape index (κ3) is 2.43. The van der Waals surface area contributed by atoms with E-state index in [4.69, 9.17) is 4.84 Å². The average Bonchev–Trinajstić information content (AvgIpc) is 2.73. The summed E-state index contributed by atoms with van der Waals surface area (Å²) in [5.41, 5.74) is 1.29. The lowest BCUT2D eigenvalue weighted by molar-refractivity contribution is -0.118. The van der Waals surface area contributed by atoms with Gasteiger partial charge in [0.05, 0.1) is 12.6 Å². The molecule has 0 saturated carbocycles. The fourth-order valence-electron chi connectivity index (χ4n) is 3.11. The van der Waals surface area contributed by atoms with Gasteiger partial charge in [-0.2, -0.15) is 5.06 Å². The van der Waals surface area contributed by atoms with Crippen LogP contribution in [0.3, 0.4) is 0 Å². The van der Waals surface area contributed by atoms with Gasteiger partial charge in [0.15, 0.2) is 0 Å². The molecule has 2 fully saturated rings. The van der Waals surface area contributed by atoms with E-state index in [1.807, 2.05) is 23.1 Å². The van der Waals surface area contributed by atoms with E-state index >= 15 is 0 Å². The molecule has 0 spiro atoms. The Bertz CT molecular complexity index is 489. The third-order valence-corrected chi connectivity index (χ3v) is 4.09. The fourth-order valence-corrected chi connectivity index (χ4v) is 3.11. The quantitative estimate of drug-likeness (QED) is 0.772. The van der Waals surface area contributed by atoms with E-state index in [1.165, 1.54) is 5.56 Å². The first-order valence-electron chi connectivity index (χ1n) is 7.17. The largest absolute Gasteiger partial charge is 0.344 e. The van der Waals surface area contributed by atoms with Crippen LogP contribution in [0.15, 0.2) is 43.0 Å². The van der Waals surface area contributed by atoms with Gasteiger partial charge >= 0.3 is 6.03 Å². The first-order valence-corrected chi connectivity index (χ1v) is 7.17. The number of fused-ring (bicyclic) bond motifs is 2. The smallest absolute Gasteiger partial charge is 0.317 e. The molecule has 106 valence electrons. The molecule has 0 N–H and O–H groups in total. The zero-order valence-electron chi connectivity index (χ0n) is 11.6. The van der Waals surface area contributed by atoms with Gasteiger partial charge in [0.2, 0.25) is 0 Å². The van der Waals surface area contributed by atoms with Crippen molar-refractivity contribution in [2.24, 2.45) is 0 Å². The number of hydrogen-bond donors (Lipinski definition) is 0. The van der Waals surface area contributed by atoms with Crippen LogP contribution < -0.4 is 0 Å². The summed E-state index contributed by atoms with van der Waals surface area (Å²) < 4.78 is 0. The van der Waals surface area contributed by atoms with Crippen molar-refractivity contribution in [2.75, 3.05) is 13.2 Å². The zero-order valence-corrected chi connectivity index (χ0v) is 11.6. The minimum absolute atomic E-state index is 0.00952. The van der Waals surface area contributed by atoms with E-state index < -0.39 is 0 Å². The summed E-state index contributed by atoms with van der Waals surface area (Å²) in [4.78, 5) is 19.8. The number of benzene rings is 1. The highest BCUT2D eigenvalue weighted by atomic mass is 16.7.